The number of hydrazone groups is 1. The number of nitrogen functional groups attached to an aromatic ring is 1. The average Bonchev–Trinajstić information content (AvgIpc) is 2.36. The molecule has 2 heterocycles. The fraction of sp³-hybridized carbons (Fsp3) is 0.417. The van der Waals surface area contributed by atoms with Crippen LogP contribution in [0.3, 0.4) is 0 Å². The summed E-state index contributed by atoms with van der Waals surface area (Å²) in [6.45, 7) is 8.96. The minimum atomic E-state index is 0.518. The van der Waals surface area contributed by atoms with Gasteiger partial charge in [-0.1, -0.05) is 6.58 Å². The van der Waals surface area contributed by atoms with Crippen LogP contribution in [-0.2, 0) is 0 Å². The number of aromatic nitrogens is 2. The van der Waals surface area contributed by atoms with Crippen molar-refractivity contribution in [3.05, 3.63) is 24.5 Å². The molecule has 6 heteroatoms. The van der Waals surface area contributed by atoms with Gasteiger partial charge in [-0.3, -0.25) is 5.01 Å². The van der Waals surface area contributed by atoms with Crippen molar-refractivity contribution < 1.29 is 0 Å². The molecule has 0 spiro atoms. The maximum atomic E-state index is 5.74. The lowest BCUT2D eigenvalue weighted by Gasteiger charge is -2.33. The molecule has 0 amide bonds. The van der Waals surface area contributed by atoms with Crippen LogP contribution in [-0.4, -0.2) is 47.4 Å². The molecule has 1 aliphatic heterocycles. The van der Waals surface area contributed by atoms with Gasteiger partial charge in [0.1, 0.15) is 17.5 Å². The van der Waals surface area contributed by atoms with Gasteiger partial charge in [0, 0.05) is 25.4 Å². The Bertz CT molecular complexity index is 428. The Kier molecular flexibility index (Phi) is 3.76. The van der Waals surface area contributed by atoms with E-state index in [0.717, 1.165) is 32.0 Å². The molecule has 1 aromatic heterocycles. The molecule has 0 saturated carbocycles. The number of nitrogens with zero attached hydrogens (tertiary/aromatic N) is 5. The Morgan fingerprint density at radius 3 is 2.67 bits per heavy atom. The quantitative estimate of drug-likeness (QED) is 0.793. The van der Waals surface area contributed by atoms with E-state index in [1.807, 2.05) is 18.0 Å². The van der Waals surface area contributed by atoms with Gasteiger partial charge in [-0.05, 0) is 13.0 Å². The summed E-state index contributed by atoms with van der Waals surface area (Å²) in [7, 11) is 0. The third-order valence-corrected chi connectivity index (χ3v) is 2.76. The molecule has 18 heavy (non-hydrogen) atoms. The second-order valence-corrected chi connectivity index (χ2v) is 4.14. The van der Waals surface area contributed by atoms with Crippen LogP contribution < -0.4 is 10.6 Å². The number of aryl methyl sites for hydroxylation is 1. The Hall–Kier alpha value is -2.11. The van der Waals surface area contributed by atoms with E-state index in [1.54, 1.807) is 12.3 Å². The lowest BCUT2D eigenvalue weighted by molar-refractivity contribution is 0.271. The summed E-state index contributed by atoms with van der Waals surface area (Å²) >= 11 is 0. The molecule has 0 radical (unpaired) electrons. The van der Waals surface area contributed by atoms with Gasteiger partial charge >= 0.3 is 0 Å². The molecule has 96 valence electrons. The highest BCUT2D eigenvalue weighted by atomic mass is 15.5. The zero-order valence-corrected chi connectivity index (χ0v) is 10.6. The zero-order chi connectivity index (χ0) is 13.0. The maximum Gasteiger partial charge on any atom is 0.134 e. The summed E-state index contributed by atoms with van der Waals surface area (Å²) in [5, 5.41) is 6.29. The number of rotatable bonds is 3. The van der Waals surface area contributed by atoms with E-state index in [4.69, 9.17) is 5.73 Å². The second-order valence-electron chi connectivity index (χ2n) is 4.14. The van der Waals surface area contributed by atoms with E-state index >= 15 is 0 Å². The summed E-state index contributed by atoms with van der Waals surface area (Å²) in [5.41, 5.74) is 5.74. The minimum absolute atomic E-state index is 0.518. The molecule has 1 fully saturated rings. The number of anilines is 2. The monoisotopic (exact) mass is 246 g/mol. The number of allylic oxidation sites excluding steroid dienone is 1. The Balaban J connectivity index is 2.00. The average molecular weight is 246 g/mol. The summed E-state index contributed by atoms with van der Waals surface area (Å²) in [6.07, 6.45) is 3.39. The standard InChI is InChI=1S/C12H18N6/c1-3-4-14-18-7-5-17(6-8-18)12-9-11(13)15-10(2)16-12/h3-4,9H,1,5-8H2,2H3,(H2,13,15,16)/b14-4+. The summed E-state index contributed by atoms with van der Waals surface area (Å²) < 4.78 is 0. The number of hydrogen-bond acceptors (Lipinski definition) is 6. The van der Waals surface area contributed by atoms with E-state index in [-0.39, 0.29) is 0 Å². The van der Waals surface area contributed by atoms with Gasteiger partial charge in [-0.15, -0.1) is 0 Å². The van der Waals surface area contributed by atoms with Crippen LogP contribution in [0.15, 0.2) is 23.8 Å². The highest BCUT2D eigenvalue weighted by Crippen LogP contribution is 2.16. The fourth-order valence-electron chi connectivity index (χ4n) is 1.92. The predicted octanol–water partition coefficient (Wildman–Crippen LogP) is 0.661. The molecule has 6 nitrogen and oxygen atoms in total. The summed E-state index contributed by atoms with van der Waals surface area (Å²) in [4.78, 5) is 10.7. The fourth-order valence-corrected chi connectivity index (χ4v) is 1.92. The largest absolute Gasteiger partial charge is 0.384 e. The van der Waals surface area contributed by atoms with E-state index in [1.165, 1.54) is 0 Å². The first-order chi connectivity index (χ1) is 8.69. The SMILES string of the molecule is C=C/C=N/N1CCN(c2cc(N)nc(C)n2)CC1. The lowest BCUT2D eigenvalue weighted by atomic mass is 10.3. The van der Waals surface area contributed by atoms with Gasteiger partial charge in [0.15, 0.2) is 0 Å². The summed E-state index contributed by atoms with van der Waals surface area (Å²) in [6, 6.07) is 1.82. The van der Waals surface area contributed by atoms with Gasteiger partial charge in [0.05, 0.1) is 13.1 Å². The number of hydrogen-bond donors (Lipinski definition) is 1. The van der Waals surface area contributed by atoms with Crippen molar-refractivity contribution in [2.45, 2.75) is 6.92 Å². The van der Waals surface area contributed by atoms with Crippen LogP contribution in [0.2, 0.25) is 0 Å². The zero-order valence-electron chi connectivity index (χ0n) is 10.6. The Morgan fingerprint density at radius 1 is 1.33 bits per heavy atom. The Labute approximate surface area is 107 Å². The first-order valence-corrected chi connectivity index (χ1v) is 5.95. The molecule has 1 aliphatic rings. The second kappa shape index (κ2) is 5.48. The third kappa shape index (κ3) is 2.97. The van der Waals surface area contributed by atoms with Gasteiger partial charge < -0.3 is 10.6 Å². The maximum absolute atomic E-state index is 5.74. The molecule has 2 N–H and O–H groups in total. The van der Waals surface area contributed by atoms with Crippen molar-refractivity contribution in [2.24, 2.45) is 5.10 Å². The smallest absolute Gasteiger partial charge is 0.134 e. The van der Waals surface area contributed by atoms with Crippen molar-refractivity contribution in [1.82, 2.24) is 15.0 Å². The van der Waals surface area contributed by atoms with Crippen LogP contribution >= 0.6 is 0 Å². The van der Waals surface area contributed by atoms with Gasteiger partial charge in [0.25, 0.3) is 0 Å². The number of piperazine rings is 1. The van der Waals surface area contributed by atoms with Crippen molar-refractivity contribution in [2.75, 3.05) is 36.8 Å². The van der Waals surface area contributed by atoms with Crippen molar-refractivity contribution in [3.63, 3.8) is 0 Å². The highest BCUT2D eigenvalue weighted by Gasteiger charge is 2.17. The molecule has 0 atom stereocenters. The van der Waals surface area contributed by atoms with Crippen LogP contribution in [0.25, 0.3) is 0 Å². The van der Waals surface area contributed by atoms with Crippen molar-refractivity contribution >= 4 is 17.9 Å². The van der Waals surface area contributed by atoms with E-state index in [9.17, 15) is 0 Å². The minimum Gasteiger partial charge on any atom is -0.384 e. The lowest BCUT2D eigenvalue weighted by Crippen LogP contribution is -2.44. The normalized spacial score (nSPS) is 16.3. The van der Waals surface area contributed by atoms with Crippen LogP contribution in [0, 0.1) is 6.92 Å². The first kappa shape index (κ1) is 12.3. The number of nitrogens with two attached hydrogens (primary N) is 1. The molecule has 0 bridgehead atoms. The van der Waals surface area contributed by atoms with Crippen molar-refractivity contribution in [3.8, 4) is 0 Å². The molecule has 0 aromatic carbocycles. The van der Waals surface area contributed by atoms with Crippen LogP contribution in [0.4, 0.5) is 11.6 Å². The topological polar surface area (TPSA) is 70.6 Å². The highest BCUT2D eigenvalue weighted by molar-refractivity contribution is 5.69. The van der Waals surface area contributed by atoms with E-state index in [2.05, 4.69) is 26.5 Å². The molecule has 0 unspecified atom stereocenters. The first-order valence-electron chi connectivity index (χ1n) is 5.95. The molecular formula is C12H18N6. The molecule has 2 rings (SSSR count). The van der Waals surface area contributed by atoms with Crippen LogP contribution in [0.5, 0.6) is 0 Å². The van der Waals surface area contributed by atoms with Gasteiger partial charge in [0.2, 0.25) is 0 Å². The van der Waals surface area contributed by atoms with E-state index in [0.29, 0.717) is 11.6 Å². The summed E-state index contributed by atoms with van der Waals surface area (Å²) in [5.74, 6) is 2.12. The molecule has 1 aromatic rings. The van der Waals surface area contributed by atoms with Crippen LogP contribution in [0.1, 0.15) is 5.82 Å². The molecule has 0 aliphatic carbocycles. The Morgan fingerprint density at radius 2 is 2.06 bits per heavy atom. The van der Waals surface area contributed by atoms with Gasteiger partial charge in [-0.2, -0.15) is 5.10 Å². The predicted molar refractivity (Wildman–Crippen MR) is 73.7 cm³/mol. The molecule has 1 saturated heterocycles. The van der Waals surface area contributed by atoms with E-state index < -0.39 is 0 Å². The van der Waals surface area contributed by atoms with Crippen molar-refractivity contribution in [1.29, 1.82) is 0 Å². The molecular weight excluding hydrogens is 228 g/mol. The van der Waals surface area contributed by atoms with Gasteiger partial charge in [-0.25, -0.2) is 9.97 Å². The third-order valence-electron chi connectivity index (χ3n) is 2.76.